The van der Waals surface area contributed by atoms with E-state index in [1.807, 2.05) is 24.3 Å². The van der Waals surface area contributed by atoms with E-state index in [2.05, 4.69) is 56.5 Å². The zero-order valence-electron chi connectivity index (χ0n) is 18.9. The average molecular weight is 464 g/mol. The summed E-state index contributed by atoms with van der Waals surface area (Å²) in [4.78, 5) is 6.77. The third-order valence-corrected chi connectivity index (χ3v) is 8.27. The van der Waals surface area contributed by atoms with Crippen molar-refractivity contribution in [2.75, 3.05) is 11.9 Å². The second-order valence-electron chi connectivity index (χ2n) is 9.98. The first-order valence-corrected chi connectivity index (χ1v) is 12.1. The van der Waals surface area contributed by atoms with Gasteiger partial charge < -0.3 is 10.2 Å². The lowest BCUT2D eigenvalue weighted by Gasteiger charge is -2.45. The summed E-state index contributed by atoms with van der Waals surface area (Å²) in [7, 11) is 2.13. The first kappa shape index (κ1) is 20.7. The zero-order valence-corrected chi connectivity index (χ0v) is 19.7. The summed E-state index contributed by atoms with van der Waals surface area (Å²) in [5.41, 5.74) is 5.78. The Morgan fingerprint density at radius 3 is 2.45 bits per heavy atom. The van der Waals surface area contributed by atoms with Gasteiger partial charge in [-0.25, -0.2) is 4.98 Å². The number of benzene rings is 1. The van der Waals surface area contributed by atoms with Gasteiger partial charge in [0, 0.05) is 35.3 Å². The smallest absolute Gasteiger partial charge is 0.216 e. The molecular weight excluding hydrogens is 437 g/mol. The van der Waals surface area contributed by atoms with E-state index in [1.165, 1.54) is 30.4 Å². The van der Waals surface area contributed by atoms with E-state index in [4.69, 9.17) is 0 Å². The number of nitrogens with zero attached hydrogens (tertiary/aromatic N) is 5. The molecule has 1 unspecified atom stereocenters. The normalized spacial score (nSPS) is 26.7. The molecule has 2 bridgehead atoms. The molecule has 2 aliphatic heterocycles. The molecule has 3 atom stereocenters. The van der Waals surface area contributed by atoms with Crippen LogP contribution in [0.5, 0.6) is 0 Å². The molecular formula is C24H26FN7S. The summed E-state index contributed by atoms with van der Waals surface area (Å²) in [6.07, 6.45) is 6.15. The number of hydrogen-bond acceptors (Lipinski definition) is 7. The number of rotatable bonds is 4. The van der Waals surface area contributed by atoms with Gasteiger partial charge in [-0.3, -0.25) is 5.10 Å². The minimum Gasteiger partial charge on any atom is -0.355 e. The molecule has 6 rings (SSSR count). The minimum atomic E-state index is -0.460. The van der Waals surface area contributed by atoms with Crippen LogP contribution in [-0.4, -0.2) is 49.5 Å². The fourth-order valence-electron chi connectivity index (χ4n) is 5.77. The number of piperidine rings is 1. The number of aromatic nitrogens is 5. The van der Waals surface area contributed by atoms with Crippen LogP contribution in [0.25, 0.3) is 32.6 Å². The highest BCUT2D eigenvalue weighted by Crippen LogP contribution is 2.44. The third-order valence-electron chi connectivity index (χ3n) is 7.41. The summed E-state index contributed by atoms with van der Waals surface area (Å²) in [6, 6.07) is 8.33. The molecule has 2 N–H and O–H groups in total. The van der Waals surface area contributed by atoms with Gasteiger partial charge in [0.25, 0.3) is 0 Å². The number of halogens is 1. The Bertz CT molecular complexity index is 1310. The maximum absolute atomic E-state index is 14.1. The average Bonchev–Trinajstić information content (AvgIpc) is 3.50. The molecule has 170 valence electrons. The van der Waals surface area contributed by atoms with Crippen molar-refractivity contribution in [1.82, 2.24) is 30.7 Å². The first-order valence-electron chi connectivity index (χ1n) is 11.3. The van der Waals surface area contributed by atoms with Gasteiger partial charge in [0.1, 0.15) is 0 Å². The topological polar surface area (TPSA) is 82.6 Å². The maximum atomic E-state index is 14.1. The molecule has 0 radical (unpaired) electrons. The van der Waals surface area contributed by atoms with Gasteiger partial charge >= 0.3 is 0 Å². The van der Waals surface area contributed by atoms with Gasteiger partial charge in [0.05, 0.1) is 33.2 Å². The first-order chi connectivity index (χ1) is 15.8. The standard InChI is InChI=1S/C24H26FN7S/c1-23-8-9-24(2,31-23)11-14(10-23)32(3)19-7-6-18(28-29-19)16-5-4-15(17-12-27-30-22(17)25)20-21(16)33-13-26-20/h4-7,12-14,31H,8-11H2,1-3H3,(H,27,30)/t14?,23-,24+. The molecule has 0 spiro atoms. The molecule has 5 heterocycles. The van der Waals surface area contributed by atoms with Crippen LogP contribution in [0.15, 0.2) is 36.0 Å². The minimum absolute atomic E-state index is 0.202. The van der Waals surface area contributed by atoms with E-state index in [9.17, 15) is 4.39 Å². The lowest BCUT2D eigenvalue weighted by molar-refractivity contribution is 0.207. The van der Waals surface area contributed by atoms with Crippen LogP contribution in [0.2, 0.25) is 0 Å². The van der Waals surface area contributed by atoms with Crippen molar-refractivity contribution in [3.05, 3.63) is 41.9 Å². The van der Waals surface area contributed by atoms with E-state index in [1.54, 1.807) is 5.51 Å². The second-order valence-corrected chi connectivity index (χ2v) is 10.8. The van der Waals surface area contributed by atoms with Crippen LogP contribution in [0.4, 0.5) is 10.2 Å². The van der Waals surface area contributed by atoms with Gasteiger partial charge in [-0.15, -0.1) is 21.5 Å². The van der Waals surface area contributed by atoms with Crippen molar-refractivity contribution < 1.29 is 4.39 Å². The van der Waals surface area contributed by atoms with Gasteiger partial charge in [-0.2, -0.15) is 9.49 Å². The molecule has 3 aromatic heterocycles. The van der Waals surface area contributed by atoms with E-state index in [0.717, 1.165) is 40.1 Å². The molecule has 33 heavy (non-hydrogen) atoms. The van der Waals surface area contributed by atoms with Crippen LogP contribution >= 0.6 is 11.3 Å². The zero-order chi connectivity index (χ0) is 22.8. The Kier molecular flexibility index (Phi) is 4.57. The van der Waals surface area contributed by atoms with Gasteiger partial charge in [-0.05, 0) is 51.7 Å². The molecule has 0 saturated carbocycles. The van der Waals surface area contributed by atoms with Crippen molar-refractivity contribution in [3.63, 3.8) is 0 Å². The highest BCUT2D eigenvalue weighted by atomic mass is 32.1. The third kappa shape index (κ3) is 3.41. The summed E-state index contributed by atoms with van der Waals surface area (Å²) >= 11 is 1.52. The van der Waals surface area contributed by atoms with Crippen molar-refractivity contribution in [3.8, 4) is 22.4 Å². The molecule has 0 amide bonds. The molecule has 2 fully saturated rings. The predicted molar refractivity (Wildman–Crippen MR) is 129 cm³/mol. The molecule has 1 aromatic carbocycles. The summed E-state index contributed by atoms with van der Waals surface area (Å²) in [5, 5.41) is 19.2. The number of H-pyrrole nitrogens is 1. The van der Waals surface area contributed by atoms with Gasteiger partial charge in [0.2, 0.25) is 5.95 Å². The Balaban J connectivity index is 1.30. The van der Waals surface area contributed by atoms with E-state index in [0.29, 0.717) is 17.2 Å². The maximum Gasteiger partial charge on any atom is 0.216 e. The Labute approximate surface area is 195 Å². The number of fused-ring (bicyclic) bond motifs is 3. The Morgan fingerprint density at radius 1 is 1.03 bits per heavy atom. The summed E-state index contributed by atoms with van der Waals surface area (Å²) in [6.45, 7) is 4.68. The lowest BCUT2D eigenvalue weighted by Crippen LogP contribution is -2.58. The largest absolute Gasteiger partial charge is 0.355 e. The summed E-state index contributed by atoms with van der Waals surface area (Å²) in [5.74, 6) is 0.424. The van der Waals surface area contributed by atoms with Crippen LogP contribution in [-0.2, 0) is 0 Å². The van der Waals surface area contributed by atoms with Crippen LogP contribution in [0.3, 0.4) is 0 Å². The lowest BCUT2D eigenvalue weighted by atomic mass is 9.84. The number of anilines is 1. The van der Waals surface area contributed by atoms with Crippen molar-refractivity contribution in [2.45, 2.75) is 56.7 Å². The van der Waals surface area contributed by atoms with Crippen LogP contribution < -0.4 is 10.2 Å². The molecule has 9 heteroatoms. The molecule has 0 aliphatic carbocycles. The molecule has 2 aliphatic rings. The van der Waals surface area contributed by atoms with Gasteiger partial charge in [-0.1, -0.05) is 12.1 Å². The highest BCUT2D eigenvalue weighted by Gasteiger charge is 2.49. The van der Waals surface area contributed by atoms with Crippen molar-refractivity contribution in [2.24, 2.45) is 0 Å². The highest BCUT2D eigenvalue weighted by molar-refractivity contribution is 7.17. The summed E-state index contributed by atoms with van der Waals surface area (Å²) < 4.78 is 15.1. The molecule has 2 saturated heterocycles. The van der Waals surface area contributed by atoms with Crippen molar-refractivity contribution in [1.29, 1.82) is 0 Å². The number of aromatic amines is 1. The predicted octanol–water partition coefficient (Wildman–Crippen LogP) is 4.78. The quantitative estimate of drug-likeness (QED) is 0.453. The monoisotopic (exact) mass is 463 g/mol. The number of hydrogen-bond donors (Lipinski definition) is 2. The second kappa shape index (κ2) is 7.30. The van der Waals surface area contributed by atoms with E-state index in [-0.39, 0.29) is 11.1 Å². The van der Waals surface area contributed by atoms with Gasteiger partial charge in [0.15, 0.2) is 5.82 Å². The Hall–Kier alpha value is -2.91. The van der Waals surface area contributed by atoms with Crippen molar-refractivity contribution >= 4 is 27.4 Å². The fourth-order valence-corrected chi connectivity index (χ4v) is 6.61. The van der Waals surface area contributed by atoms with E-state index >= 15 is 0 Å². The number of thiazole rings is 1. The van der Waals surface area contributed by atoms with E-state index < -0.39 is 5.95 Å². The SMILES string of the molecule is CN(c1ccc(-c2ccc(-c3cn[nH]c3F)c3ncsc23)nn1)C1C[C@]2(C)CC[C@](C)(C1)N2. The van der Waals surface area contributed by atoms with Crippen LogP contribution in [0.1, 0.15) is 39.5 Å². The van der Waals surface area contributed by atoms with Crippen LogP contribution in [0, 0.1) is 5.95 Å². The molecule has 4 aromatic rings. The fraction of sp³-hybridized carbons (Fsp3) is 0.417. The number of nitrogens with one attached hydrogen (secondary N) is 2. The molecule has 7 nitrogen and oxygen atoms in total. The Morgan fingerprint density at radius 2 is 1.79 bits per heavy atom.